The molecule has 0 saturated carbocycles. The van der Waals surface area contributed by atoms with Crippen molar-refractivity contribution in [2.75, 3.05) is 4.72 Å². The third-order valence-corrected chi connectivity index (χ3v) is 4.20. The topological polar surface area (TPSA) is 66.4 Å². The minimum atomic E-state index is -3.89. The molecule has 2 N–H and O–H groups in total. The maximum Gasteiger partial charge on any atom is 0.262 e. The Labute approximate surface area is 116 Å². The molecular formula is C14H14FNO3S. The van der Waals surface area contributed by atoms with E-state index in [1.807, 2.05) is 0 Å². The van der Waals surface area contributed by atoms with Crippen LogP contribution < -0.4 is 4.72 Å². The first-order valence-electron chi connectivity index (χ1n) is 5.92. The van der Waals surface area contributed by atoms with Crippen LogP contribution in [0.2, 0.25) is 0 Å². The quantitative estimate of drug-likeness (QED) is 0.910. The van der Waals surface area contributed by atoms with Crippen LogP contribution in [0.4, 0.5) is 10.1 Å². The molecule has 0 aromatic heterocycles. The molecule has 0 spiro atoms. The van der Waals surface area contributed by atoms with E-state index in [4.69, 9.17) is 5.11 Å². The van der Waals surface area contributed by atoms with Crippen LogP contribution >= 0.6 is 0 Å². The maximum atomic E-state index is 13.7. The Morgan fingerprint density at radius 2 is 1.90 bits per heavy atom. The van der Waals surface area contributed by atoms with Crippen molar-refractivity contribution in [2.24, 2.45) is 0 Å². The molecule has 4 nitrogen and oxygen atoms in total. The van der Waals surface area contributed by atoms with Gasteiger partial charge in [0, 0.05) is 0 Å². The van der Waals surface area contributed by atoms with Gasteiger partial charge in [-0.15, -0.1) is 0 Å². The lowest BCUT2D eigenvalue weighted by Crippen LogP contribution is -2.15. The van der Waals surface area contributed by atoms with Crippen molar-refractivity contribution in [1.29, 1.82) is 0 Å². The van der Waals surface area contributed by atoms with Gasteiger partial charge in [0.05, 0.1) is 17.2 Å². The molecule has 0 aliphatic carbocycles. The zero-order chi connectivity index (χ0) is 14.8. The molecule has 2 rings (SSSR count). The van der Waals surface area contributed by atoms with Gasteiger partial charge in [-0.3, -0.25) is 4.72 Å². The van der Waals surface area contributed by atoms with Gasteiger partial charge in [-0.1, -0.05) is 24.3 Å². The minimum absolute atomic E-state index is 0.0216. The summed E-state index contributed by atoms with van der Waals surface area (Å²) in [5.41, 5.74) is 0.895. The zero-order valence-electron chi connectivity index (χ0n) is 10.8. The van der Waals surface area contributed by atoms with E-state index in [-0.39, 0.29) is 17.2 Å². The summed E-state index contributed by atoms with van der Waals surface area (Å²) in [6, 6.07) is 10.2. The Bertz CT molecular complexity index is 709. The van der Waals surface area contributed by atoms with E-state index in [0.717, 1.165) is 0 Å². The number of aryl methyl sites for hydroxylation is 1. The molecule has 0 aliphatic heterocycles. The first-order chi connectivity index (χ1) is 9.44. The smallest absolute Gasteiger partial charge is 0.262 e. The lowest BCUT2D eigenvalue weighted by atomic mass is 10.2. The van der Waals surface area contributed by atoms with Crippen LogP contribution in [-0.2, 0) is 16.6 Å². The van der Waals surface area contributed by atoms with Gasteiger partial charge in [0.2, 0.25) is 0 Å². The van der Waals surface area contributed by atoms with Gasteiger partial charge >= 0.3 is 0 Å². The molecule has 0 unspecified atom stereocenters. The molecule has 2 aromatic carbocycles. The fourth-order valence-electron chi connectivity index (χ4n) is 1.77. The summed E-state index contributed by atoms with van der Waals surface area (Å²) >= 11 is 0. The van der Waals surface area contributed by atoms with Gasteiger partial charge < -0.3 is 5.11 Å². The summed E-state index contributed by atoms with van der Waals surface area (Å²) in [5, 5.41) is 9.03. The van der Waals surface area contributed by atoms with Crippen molar-refractivity contribution >= 4 is 15.7 Å². The molecule has 0 bridgehead atoms. The number of para-hydroxylation sites is 1. The molecule has 106 valence electrons. The van der Waals surface area contributed by atoms with E-state index < -0.39 is 15.8 Å². The second-order valence-electron chi connectivity index (χ2n) is 4.34. The maximum absolute atomic E-state index is 13.7. The lowest BCUT2D eigenvalue weighted by molar-refractivity contribution is 0.281. The number of hydrogen-bond donors (Lipinski definition) is 2. The summed E-state index contributed by atoms with van der Waals surface area (Å²) in [4.78, 5) is -0.0216. The number of sulfonamides is 1. The van der Waals surface area contributed by atoms with E-state index in [0.29, 0.717) is 11.1 Å². The summed E-state index contributed by atoms with van der Waals surface area (Å²) in [5.74, 6) is -0.633. The summed E-state index contributed by atoms with van der Waals surface area (Å²) < 4.78 is 40.3. The first kappa shape index (κ1) is 14.5. The average molecular weight is 295 g/mol. The van der Waals surface area contributed by atoms with Crippen LogP contribution in [0, 0.1) is 12.7 Å². The normalized spacial score (nSPS) is 11.3. The van der Waals surface area contributed by atoms with Gasteiger partial charge in [0.25, 0.3) is 10.0 Å². The van der Waals surface area contributed by atoms with Crippen LogP contribution in [0.5, 0.6) is 0 Å². The SMILES string of the molecule is Cc1cccc(F)c1NS(=O)(=O)c1cccc(CO)c1. The second kappa shape index (κ2) is 5.60. The van der Waals surface area contributed by atoms with Gasteiger partial charge in [-0.2, -0.15) is 0 Å². The molecular weight excluding hydrogens is 281 g/mol. The summed E-state index contributed by atoms with van der Waals surface area (Å²) in [7, 11) is -3.89. The van der Waals surface area contributed by atoms with Crippen molar-refractivity contribution in [3.63, 3.8) is 0 Å². The highest BCUT2D eigenvalue weighted by Crippen LogP contribution is 2.23. The highest BCUT2D eigenvalue weighted by atomic mass is 32.2. The molecule has 20 heavy (non-hydrogen) atoms. The number of anilines is 1. The molecule has 0 saturated heterocycles. The highest BCUT2D eigenvalue weighted by molar-refractivity contribution is 7.92. The third-order valence-electron chi connectivity index (χ3n) is 2.85. The second-order valence-corrected chi connectivity index (χ2v) is 6.03. The number of hydrogen-bond acceptors (Lipinski definition) is 3. The number of halogens is 1. The number of rotatable bonds is 4. The molecule has 0 atom stereocenters. The van der Waals surface area contributed by atoms with E-state index in [1.165, 1.54) is 30.3 Å². The van der Waals surface area contributed by atoms with Crippen LogP contribution in [0.15, 0.2) is 47.4 Å². The fraction of sp³-hybridized carbons (Fsp3) is 0.143. The molecule has 6 heteroatoms. The minimum Gasteiger partial charge on any atom is -0.392 e. The summed E-state index contributed by atoms with van der Waals surface area (Å²) in [6.07, 6.45) is 0. The van der Waals surface area contributed by atoms with E-state index >= 15 is 0 Å². The highest BCUT2D eigenvalue weighted by Gasteiger charge is 2.17. The Balaban J connectivity index is 2.41. The Hall–Kier alpha value is -1.92. The number of aliphatic hydroxyl groups is 1. The first-order valence-corrected chi connectivity index (χ1v) is 7.40. The van der Waals surface area contributed by atoms with Crippen LogP contribution in [0.1, 0.15) is 11.1 Å². The van der Waals surface area contributed by atoms with Crippen LogP contribution in [0.3, 0.4) is 0 Å². The van der Waals surface area contributed by atoms with Crippen molar-refractivity contribution < 1.29 is 17.9 Å². The van der Waals surface area contributed by atoms with Gasteiger partial charge in [0.1, 0.15) is 5.82 Å². The zero-order valence-corrected chi connectivity index (χ0v) is 11.6. The largest absolute Gasteiger partial charge is 0.392 e. The van der Waals surface area contributed by atoms with Crippen molar-refractivity contribution in [3.8, 4) is 0 Å². The number of nitrogens with one attached hydrogen (secondary N) is 1. The lowest BCUT2D eigenvalue weighted by Gasteiger charge is -2.12. The van der Waals surface area contributed by atoms with Crippen molar-refractivity contribution in [3.05, 3.63) is 59.4 Å². The Morgan fingerprint density at radius 3 is 2.55 bits per heavy atom. The van der Waals surface area contributed by atoms with Crippen molar-refractivity contribution in [1.82, 2.24) is 0 Å². The van der Waals surface area contributed by atoms with E-state index in [9.17, 15) is 12.8 Å². The molecule has 2 aromatic rings. The third kappa shape index (κ3) is 2.97. The molecule has 0 heterocycles. The van der Waals surface area contributed by atoms with E-state index in [1.54, 1.807) is 19.1 Å². The Morgan fingerprint density at radius 1 is 1.20 bits per heavy atom. The summed E-state index contributed by atoms with van der Waals surface area (Å²) in [6.45, 7) is 1.35. The standard InChI is InChI=1S/C14H14FNO3S/c1-10-4-2-7-13(15)14(10)16-20(18,19)12-6-3-5-11(8-12)9-17/h2-8,16-17H,9H2,1H3. The Kier molecular flexibility index (Phi) is 4.06. The van der Waals surface area contributed by atoms with E-state index in [2.05, 4.69) is 4.72 Å². The average Bonchev–Trinajstić information content (AvgIpc) is 2.43. The van der Waals surface area contributed by atoms with Gasteiger partial charge in [0.15, 0.2) is 0 Å². The molecule has 0 fully saturated rings. The molecule has 0 amide bonds. The van der Waals surface area contributed by atoms with Gasteiger partial charge in [-0.05, 0) is 36.2 Å². The predicted molar refractivity (Wildman–Crippen MR) is 74.3 cm³/mol. The molecule has 0 aliphatic rings. The van der Waals surface area contributed by atoms with Crippen molar-refractivity contribution in [2.45, 2.75) is 18.4 Å². The van der Waals surface area contributed by atoms with Crippen LogP contribution in [0.25, 0.3) is 0 Å². The predicted octanol–water partition coefficient (Wildman–Crippen LogP) is 2.43. The monoisotopic (exact) mass is 295 g/mol. The molecule has 0 radical (unpaired) electrons. The number of benzene rings is 2. The van der Waals surface area contributed by atoms with Crippen LogP contribution in [-0.4, -0.2) is 13.5 Å². The fourth-order valence-corrected chi connectivity index (χ4v) is 2.97. The van der Waals surface area contributed by atoms with Gasteiger partial charge in [-0.25, -0.2) is 12.8 Å². The number of aliphatic hydroxyl groups excluding tert-OH is 1.